The van der Waals surface area contributed by atoms with Crippen molar-refractivity contribution in [3.8, 4) is 11.5 Å². The van der Waals surface area contributed by atoms with Gasteiger partial charge in [0, 0.05) is 6.54 Å². The number of hydrogen-bond donors (Lipinski definition) is 0. The van der Waals surface area contributed by atoms with Crippen LogP contribution in [-0.2, 0) is 0 Å². The lowest BCUT2D eigenvalue weighted by Gasteiger charge is -2.35. The molecule has 0 saturated carbocycles. The Labute approximate surface area is 116 Å². The topological polar surface area (TPSA) is 38.8 Å². The van der Waals surface area contributed by atoms with E-state index in [2.05, 4.69) is 12.2 Å². The molecule has 0 aromatic heterocycles. The van der Waals surface area contributed by atoms with Gasteiger partial charge in [0.05, 0.1) is 11.6 Å². The fraction of sp³-hybridized carbons (Fsp3) is 0.312. The summed E-state index contributed by atoms with van der Waals surface area (Å²) in [6.07, 6.45) is 6.45. The van der Waals surface area contributed by atoms with Crippen LogP contribution in [0.3, 0.4) is 0 Å². The quantitative estimate of drug-likeness (QED) is 0.677. The maximum Gasteiger partial charge on any atom is 0.255 e. The summed E-state index contributed by atoms with van der Waals surface area (Å²) in [5, 5.41) is 0. The normalized spacial score (nSPS) is 25.1. The molecule has 20 heavy (non-hydrogen) atoms. The lowest BCUT2D eigenvalue weighted by Crippen LogP contribution is -2.41. The fourth-order valence-electron chi connectivity index (χ4n) is 3.73. The maximum absolute atomic E-state index is 12.7. The monoisotopic (exact) mass is 267 g/mol. The van der Waals surface area contributed by atoms with Gasteiger partial charge in [0.25, 0.3) is 5.91 Å². The van der Waals surface area contributed by atoms with Crippen molar-refractivity contribution in [1.29, 1.82) is 0 Å². The van der Waals surface area contributed by atoms with Gasteiger partial charge < -0.3 is 14.4 Å². The number of rotatable bonds is 0. The zero-order chi connectivity index (χ0) is 13.3. The molecule has 4 aliphatic rings. The van der Waals surface area contributed by atoms with Gasteiger partial charge >= 0.3 is 0 Å². The Morgan fingerprint density at radius 2 is 1.90 bits per heavy atom. The van der Waals surface area contributed by atoms with E-state index in [0.717, 1.165) is 36.3 Å². The molecular formula is C16H13NO3. The van der Waals surface area contributed by atoms with Gasteiger partial charge in [-0.2, -0.15) is 0 Å². The Morgan fingerprint density at radius 3 is 2.75 bits per heavy atom. The minimum atomic E-state index is 0.116. The lowest BCUT2D eigenvalue weighted by atomic mass is 9.83. The van der Waals surface area contributed by atoms with Gasteiger partial charge in [0.15, 0.2) is 11.5 Å². The van der Waals surface area contributed by atoms with Crippen molar-refractivity contribution < 1.29 is 14.3 Å². The van der Waals surface area contributed by atoms with Gasteiger partial charge in [-0.25, -0.2) is 0 Å². The van der Waals surface area contributed by atoms with Crippen molar-refractivity contribution in [3.63, 3.8) is 0 Å². The molecule has 1 fully saturated rings. The fourth-order valence-corrected chi connectivity index (χ4v) is 3.73. The molecule has 1 atom stereocenters. The Hall–Kier alpha value is -2.23. The predicted octanol–water partition coefficient (Wildman–Crippen LogP) is 2.36. The van der Waals surface area contributed by atoms with Gasteiger partial charge in [-0.15, -0.1) is 0 Å². The second-order valence-electron chi connectivity index (χ2n) is 5.58. The summed E-state index contributed by atoms with van der Waals surface area (Å²) in [5.74, 6) is 1.55. The molecule has 5 rings (SSSR count). The molecule has 4 nitrogen and oxygen atoms in total. The molecule has 0 spiro atoms. The van der Waals surface area contributed by atoms with Crippen LogP contribution in [0.5, 0.6) is 11.5 Å². The number of carbonyl (C=O) groups excluding carboxylic acids is 1. The third-order valence-corrected chi connectivity index (χ3v) is 4.63. The van der Waals surface area contributed by atoms with Crippen LogP contribution in [0, 0.1) is 0 Å². The molecule has 0 bridgehead atoms. The number of ether oxygens (including phenoxy) is 2. The van der Waals surface area contributed by atoms with E-state index in [-0.39, 0.29) is 18.7 Å². The molecule has 4 heteroatoms. The first-order valence-corrected chi connectivity index (χ1v) is 6.97. The second kappa shape index (κ2) is 3.45. The van der Waals surface area contributed by atoms with Crippen molar-refractivity contribution >= 4 is 11.5 Å². The van der Waals surface area contributed by atoms with Gasteiger partial charge in [-0.1, -0.05) is 12.2 Å². The largest absolute Gasteiger partial charge is 0.454 e. The first-order chi connectivity index (χ1) is 9.83. The first kappa shape index (κ1) is 10.5. The van der Waals surface area contributed by atoms with Crippen LogP contribution in [0.1, 0.15) is 28.8 Å². The van der Waals surface area contributed by atoms with Gasteiger partial charge in [-0.05, 0) is 41.7 Å². The van der Waals surface area contributed by atoms with E-state index >= 15 is 0 Å². The number of nitrogens with zero attached hydrogens (tertiary/aromatic N) is 1. The Morgan fingerprint density at radius 1 is 1.10 bits per heavy atom. The number of hydrogen-bond acceptors (Lipinski definition) is 3. The van der Waals surface area contributed by atoms with Crippen LogP contribution >= 0.6 is 0 Å². The molecule has 1 aromatic rings. The van der Waals surface area contributed by atoms with Crippen LogP contribution in [0.2, 0.25) is 0 Å². The molecule has 0 N–H and O–H groups in total. The van der Waals surface area contributed by atoms with E-state index in [9.17, 15) is 4.79 Å². The van der Waals surface area contributed by atoms with E-state index in [1.54, 1.807) is 0 Å². The molecule has 3 aliphatic heterocycles. The Bertz CT molecular complexity index is 717. The van der Waals surface area contributed by atoms with Crippen molar-refractivity contribution in [2.24, 2.45) is 0 Å². The van der Waals surface area contributed by atoms with Crippen LogP contribution in [0.15, 0.2) is 29.9 Å². The predicted molar refractivity (Wildman–Crippen MR) is 72.7 cm³/mol. The number of allylic oxidation sites excluding steroid dienone is 2. The van der Waals surface area contributed by atoms with Crippen molar-refractivity contribution in [2.75, 3.05) is 13.3 Å². The molecule has 1 aliphatic carbocycles. The average Bonchev–Trinajstić information content (AvgIpc) is 3.10. The highest BCUT2D eigenvalue weighted by Gasteiger charge is 2.43. The maximum atomic E-state index is 12.7. The summed E-state index contributed by atoms with van der Waals surface area (Å²) in [6.45, 7) is 1.06. The Kier molecular flexibility index (Phi) is 1.82. The molecule has 1 amide bonds. The van der Waals surface area contributed by atoms with Gasteiger partial charge in [0.1, 0.15) is 0 Å². The van der Waals surface area contributed by atoms with Gasteiger partial charge in [-0.3, -0.25) is 4.79 Å². The lowest BCUT2D eigenvalue weighted by molar-refractivity contribution is 0.0762. The minimum absolute atomic E-state index is 0.116. The van der Waals surface area contributed by atoms with E-state index in [1.807, 2.05) is 17.0 Å². The van der Waals surface area contributed by atoms with Crippen LogP contribution < -0.4 is 9.47 Å². The van der Waals surface area contributed by atoms with E-state index < -0.39 is 0 Å². The standard InChI is InChI=1S/C16H13NO3/c18-16-12-7-14-13(19-8-20-14)6-11(12)10-3-1-2-9-4-5-17(16)15(9)10/h2-3,6-7,15H,1,4-5,8H2/t15-/m1/s1. The molecule has 0 unspecified atom stereocenters. The summed E-state index contributed by atoms with van der Waals surface area (Å²) in [4.78, 5) is 14.7. The molecule has 0 radical (unpaired) electrons. The molecule has 1 aromatic carbocycles. The van der Waals surface area contributed by atoms with Crippen molar-refractivity contribution in [3.05, 3.63) is 41.0 Å². The highest BCUT2D eigenvalue weighted by atomic mass is 16.7. The number of amides is 1. The van der Waals surface area contributed by atoms with E-state index in [4.69, 9.17) is 9.47 Å². The van der Waals surface area contributed by atoms with Crippen LogP contribution in [0.4, 0.5) is 0 Å². The molecule has 3 heterocycles. The number of carbonyl (C=O) groups is 1. The first-order valence-electron chi connectivity index (χ1n) is 6.97. The third kappa shape index (κ3) is 1.15. The van der Waals surface area contributed by atoms with Crippen molar-refractivity contribution in [1.82, 2.24) is 4.90 Å². The molecule has 1 saturated heterocycles. The number of fused-ring (bicyclic) bond motifs is 3. The molecule has 100 valence electrons. The summed E-state index contributed by atoms with van der Waals surface area (Å²) in [7, 11) is 0. The third-order valence-electron chi connectivity index (χ3n) is 4.63. The minimum Gasteiger partial charge on any atom is -0.454 e. The van der Waals surface area contributed by atoms with E-state index in [0.29, 0.717) is 5.75 Å². The van der Waals surface area contributed by atoms with Crippen LogP contribution in [0.25, 0.3) is 5.57 Å². The Balaban J connectivity index is 1.78. The second-order valence-corrected chi connectivity index (χ2v) is 5.58. The van der Waals surface area contributed by atoms with Crippen LogP contribution in [-0.4, -0.2) is 30.2 Å². The number of benzene rings is 1. The smallest absolute Gasteiger partial charge is 0.255 e. The molecular weight excluding hydrogens is 254 g/mol. The zero-order valence-electron chi connectivity index (χ0n) is 10.9. The SMILES string of the molecule is O=C1c2cc3c(cc2C2=CCC=C4CCN1[C@H]42)OCO3. The zero-order valence-corrected chi connectivity index (χ0v) is 10.9. The summed E-state index contributed by atoms with van der Waals surface area (Å²) in [5.41, 5.74) is 4.42. The average molecular weight is 267 g/mol. The summed E-state index contributed by atoms with van der Waals surface area (Å²) < 4.78 is 10.9. The van der Waals surface area contributed by atoms with E-state index in [1.165, 1.54) is 11.1 Å². The summed E-state index contributed by atoms with van der Waals surface area (Å²) in [6, 6.07) is 3.97. The summed E-state index contributed by atoms with van der Waals surface area (Å²) >= 11 is 0. The highest BCUT2D eigenvalue weighted by Crippen LogP contribution is 2.46. The van der Waals surface area contributed by atoms with Gasteiger partial charge in [0.2, 0.25) is 6.79 Å². The highest BCUT2D eigenvalue weighted by molar-refractivity contribution is 6.06. The van der Waals surface area contributed by atoms with Crippen molar-refractivity contribution in [2.45, 2.75) is 18.9 Å².